The van der Waals surface area contributed by atoms with Gasteiger partial charge in [0.2, 0.25) is 0 Å². The fraction of sp³-hybridized carbons (Fsp3) is 0.273. The van der Waals surface area contributed by atoms with Crippen LogP contribution in [0.5, 0.6) is 11.6 Å². The first-order valence-electron chi connectivity index (χ1n) is 9.63. The first kappa shape index (κ1) is 17.2. The van der Waals surface area contributed by atoms with Gasteiger partial charge in [-0.2, -0.15) is 0 Å². The molecule has 3 heterocycles. The van der Waals surface area contributed by atoms with Crippen LogP contribution >= 0.6 is 0 Å². The summed E-state index contributed by atoms with van der Waals surface area (Å²) < 4.78 is 11.3. The SMILES string of the molecule is Oc1[nH]cc2cccc(-c3cc4cc(OCCN5CCOCC5)ccc4[nH]3)c12. The molecule has 28 heavy (non-hydrogen) atoms. The summed E-state index contributed by atoms with van der Waals surface area (Å²) in [6.45, 7) is 5.14. The third-order valence-corrected chi connectivity index (χ3v) is 5.36. The van der Waals surface area contributed by atoms with Gasteiger partial charge < -0.3 is 24.5 Å². The molecule has 6 nitrogen and oxygen atoms in total. The second kappa shape index (κ2) is 7.22. The molecule has 2 aromatic heterocycles. The highest BCUT2D eigenvalue weighted by Crippen LogP contribution is 2.35. The van der Waals surface area contributed by atoms with Crippen LogP contribution in [0.4, 0.5) is 0 Å². The second-order valence-electron chi connectivity index (χ2n) is 7.14. The molecule has 2 aromatic carbocycles. The van der Waals surface area contributed by atoms with Gasteiger partial charge in [-0.1, -0.05) is 18.2 Å². The minimum absolute atomic E-state index is 0.191. The van der Waals surface area contributed by atoms with E-state index in [9.17, 15) is 5.11 Å². The molecule has 0 radical (unpaired) electrons. The minimum Gasteiger partial charge on any atom is -0.494 e. The summed E-state index contributed by atoms with van der Waals surface area (Å²) in [6, 6.07) is 14.2. The van der Waals surface area contributed by atoms with E-state index < -0.39 is 0 Å². The van der Waals surface area contributed by atoms with E-state index in [1.165, 1.54) is 0 Å². The number of hydrogen-bond donors (Lipinski definition) is 3. The maximum Gasteiger partial charge on any atom is 0.197 e. The summed E-state index contributed by atoms with van der Waals surface area (Å²) >= 11 is 0. The zero-order valence-electron chi connectivity index (χ0n) is 15.6. The largest absolute Gasteiger partial charge is 0.494 e. The van der Waals surface area contributed by atoms with E-state index in [0.717, 1.165) is 71.5 Å². The molecule has 5 rings (SSSR count). The number of nitrogens with one attached hydrogen (secondary N) is 2. The van der Waals surface area contributed by atoms with Crippen molar-refractivity contribution in [1.82, 2.24) is 14.9 Å². The fourth-order valence-corrected chi connectivity index (χ4v) is 3.86. The van der Waals surface area contributed by atoms with E-state index in [0.29, 0.717) is 6.61 Å². The summed E-state index contributed by atoms with van der Waals surface area (Å²) in [6.07, 6.45) is 1.82. The van der Waals surface area contributed by atoms with Gasteiger partial charge in [0.15, 0.2) is 5.88 Å². The molecule has 3 N–H and O–H groups in total. The first-order valence-corrected chi connectivity index (χ1v) is 9.63. The van der Waals surface area contributed by atoms with Crippen molar-refractivity contribution < 1.29 is 14.6 Å². The molecule has 0 bridgehead atoms. The van der Waals surface area contributed by atoms with E-state index >= 15 is 0 Å². The molecule has 144 valence electrons. The van der Waals surface area contributed by atoms with Crippen LogP contribution in [0, 0.1) is 0 Å². The third-order valence-electron chi connectivity index (χ3n) is 5.36. The molecular formula is C22H23N3O3. The van der Waals surface area contributed by atoms with Crippen molar-refractivity contribution in [3.63, 3.8) is 0 Å². The topological polar surface area (TPSA) is 73.5 Å². The molecule has 1 aliphatic rings. The number of aromatic nitrogens is 2. The highest BCUT2D eigenvalue weighted by molar-refractivity contribution is 6.01. The van der Waals surface area contributed by atoms with Gasteiger partial charge in [-0.05, 0) is 24.3 Å². The lowest BCUT2D eigenvalue weighted by atomic mass is 10.1. The van der Waals surface area contributed by atoms with Crippen molar-refractivity contribution in [3.05, 3.63) is 48.7 Å². The van der Waals surface area contributed by atoms with Crippen LogP contribution in [0.3, 0.4) is 0 Å². The van der Waals surface area contributed by atoms with Gasteiger partial charge in [0, 0.05) is 53.4 Å². The number of rotatable bonds is 5. The van der Waals surface area contributed by atoms with Crippen molar-refractivity contribution in [2.75, 3.05) is 39.5 Å². The Balaban J connectivity index is 1.37. The van der Waals surface area contributed by atoms with Crippen LogP contribution in [0.15, 0.2) is 48.7 Å². The van der Waals surface area contributed by atoms with Gasteiger partial charge in [-0.15, -0.1) is 0 Å². The zero-order chi connectivity index (χ0) is 18.9. The minimum atomic E-state index is 0.191. The number of hydrogen-bond acceptors (Lipinski definition) is 4. The van der Waals surface area contributed by atoms with Crippen LogP contribution in [0.2, 0.25) is 0 Å². The van der Waals surface area contributed by atoms with Gasteiger partial charge in [0.05, 0.1) is 18.6 Å². The number of H-pyrrole nitrogens is 2. The van der Waals surface area contributed by atoms with Gasteiger partial charge in [0.25, 0.3) is 0 Å². The van der Waals surface area contributed by atoms with Gasteiger partial charge in [0.1, 0.15) is 12.4 Å². The summed E-state index contributed by atoms with van der Waals surface area (Å²) in [7, 11) is 0. The van der Waals surface area contributed by atoms with Crippen LogP contribution in [-0.2, 0) is 4.74 Å². The fourth-order valence-electron chi connectivity index (χ4n) is 3.86. The molecule has 0 atom stereocenters. The Bertz CT molecular complexity index is 1110. The van der Waals surface area contributed by atoms with Crippen molar-refractivity contribution in [2.45, 2.75) is 0 Å². The predicted octanol–water partition coefficient (Wildman–Crippen LogP) is 3.73. The standard InChI is InChI=1S/C22H23N3O3/c26-22-21-15(14-23-22)2-1-3-18(21)20-13-16-12-17(4-5-19(16)24-20)28-11-8-25-6-9-27-10-7-25/h1-5,12-14,23-24,26H,6-11H2. The highest BCUT2D eigenvalue weighted by Gasteiger charge is 2.13. The van der Waals surface area contributed by atoms with Crippen LogP contribution in [0.25, 0.3) is 32.9 Å². The average molecular weight is 377 g/mol. The Morgan fingerprint density at radius 2 is 1.96 bits per heavy atom. The number of ether oxygens (including phenoxy) is 2. The molecule has 0 amide bonds. The summed E-state index contributed by atoms with van der Waals surface area (Å²) in [5.41, 5.74) is 2.99. The summed E-state index contributed by atoms with van der Waals surface area (Å²) in [5, 5.41) is 13.1. The molecule has 0 spiro atoms. The molecule has 0 unspecified atom stereocenters. The normalized spacial score (nSPS) is 15.4. The molecule has 0 saturated carbocycles. The maximum atomic E-state index is 10.2. The van der Waals surface area contributed by atoms with E-state index in [4.69, 9.17) is 9.47 Å². The Morgan fingerprint density at radius 3 is 2.86 bits per heavy atom. The number of aromatic amines is 2. The number of morpholine rings is 1. The summed E-state index contributed by atoms with van der Waals surface area (Å²) in [4.78, 5) is 8.70. The maximum absolute atomic E-state index is 10.2. The number of nitrogens with zero attached hydrogens (tertiary/aromatic N) is 1. The highest BCUT2D eigenvalue weighted by atomic mass is 16.5. The molecule has 1 saturated heterocycles. The van der Waals surface area contributed by atoms with Crippen LogP contribution in [0.1, 0.15) is 0 Å². The van der Waals surface area contributed by atoms with E-state index in [-0.39, 0.29) is 5.88 Å². The van der Waals surface area contributed by atoms with Gasteiger partial charge >= 0.3 is 0 Å². The van der Waals surface area contributed by atoms with E-state index in [1.54, 1.807) is 0 Å². The monoisotopic (exact) mass is 377 g/mol. The lowest BCUT2D eigenvalue weighted by molar-refractivity contribution is 0.0322. The Morgan fingerprint density at radius 1 is 1.07 bits per heavy atom. The second-order valence-corrected chi connectivity index (χ2v) is 7.14. The number of aromatic hydroxyl groups is 1. The number of benzene rings is 2. The summed E-state index contributed by atoms with van der Waals surface area (Å²) in [5.74, 6) is 1.06. The van der Waals surface area contributed by atoms with E-state index in [1.807, 2.05) is 36.5 Å². The molecule has 6 heteroatoms. The van der Waals surface area contributed by atoms with Gasteiger partial charge in [-0.25, -0.2) is 0 Å². The van der Waals surface area contributed by atoms with Crippen molar-refractivity contribution in [2.24, 2.45) is 0 Å². The van der Waals surface area contributed by atoms with Crippen LogP contribution in [-0.4, -0.2) is 59.4 Å². The van der Waals surface area contributed by atoms with Gasteiger partial charge in [-0.3, -0.25) is 4.90 Å². The lowest BCUT2D eigenvalue weighted by Crippen LogP contribution is -2.38. The lowest BCUT2D eigenvalue weighted by Gasteiger charge is -2.26. The van der Waals surface area contributed by atoms with E-state index in [2.05, 4.69) is 27.0 Å². The predicted molar refractivity (Wildman–Crippen MR) is 110 cm³/mol. The Hall–Kier alpha value is -2.96. The smallest absolute Gasteiger partial charge is 0.197 e. The Labute approximate surface area is 162 Å². The Kier molecular flexibility index (Phi) is 4.43. The molecule has 1 aliphatic heterocycles. The number of fused-ring (bicyclic) bond motifs is 2. The van der Waals surface area contributed by atoms with Crippen molar-refractivity contribution in [1.29, 1.82) is 0 Å². The third kappa shape index (κ3) is 3.21. The molecule has 0 aliphatic carbocycles. The molecular weight excluding hydrogens is 354 g/mol. The average Bonchev–Trinajstić information content (AvgIpc) is 3.32. The molecule has 1 fully saturated rings. The quantitative estimate of drug-likeness (QED) is 0.495. The van der Waals surface area contributed by atoms with Crippen molar-refractivity contribution >= 4 is 21.7 Å². The van der Waals surface area contributed by atoms with Crippen molar-refractivity contribution in [3.8, 4) is 22.9 Å². The first-order chi connectivity index (χ1) is 13.8. The molecule has 4 aromatic rings. The van der Waals surface area contributed by atoms with Crippen LogP contribution < -0.4 is 4.74 Å². The zero-order valence-corrected chi connectivity index (χ0v) is 15.6.